The van der Waals surface area contributed by atoms with Crippen molar-refractivity contribution in [3.63, 3.8) is 0 Å². The van der Waals surface area contributed by atoms with Crippen molar-refractivity contribution in [1.82, 2.24) is 9.55 Å². The predicted octanol–water partition coefficient (Wildman–Crippen LogP) is 0.591. The maximum atomic E-state index is 12.2. The van der Waals surface area contributed by atoms with E-state index < -0.39 is 11.5 Å². The van der Waals surface area contributed by atoms with Crippen molar-refractivity contribution in [2.75, 3.05) is 6.61 Å². The average Bonchev–Trinajstić information content (AvgIpc) is 2.46. The van der Waals surface area contributed by atoms with Crippen molar-refractivity contribution in [2.45, 2.75) is 23.5 Å². The van der Waals surface area contributed by atoms with Crippen LogP contribution in [-0.2, 0) is 16.1 Å². The highest BCUT2D eigenvalue weighted by molar-refractivity contribution is 7.99. The molecule has 110 valence electrons. The minimum Gasteiger partial charge on any atom is -0.618 e. The van der Waals surface area contributed by atoms with Crippen LogP contribution in [0.1, 0.15) is 6.92 Å². The Labute approximate surface area is 124 Å². The van der Waals surface area contributed by atoms with Gasteiger partial charge in [0.25, 0.3) is 10.6 Å². The van der Waals surface area contributed by atoms with E-state index in [1.54, 1.807) is 25.1 Å². The predicted molar refractivity (Wildman–Crippen MR) is 74.7 cm³/mol. The molecule has 0 atom stereocenters. The first-order valence-corrected chi connectivity index (χ1v) is 7.00. The standard InChI is InChI=1S/C13H13N3O4S/c1-2-20-11(17)9-15-8-6-14-12(13(15)18)21-10-5-3-4-7-16(10)19/h3-8H,2,9H2,1H3. The van der Waals surface area contributed by atoms with Crippen LogP contribution in [0.15, 0.2) is 51.6 Å². The van der Waals surface area contributed by atoms with E-state index in [1.165, 1.54) is 23.2 Å². The van der Waals surface area contributed by atoms with Gasteiger partial charge in [-0.05, 0) is 13.0 Å². The molecule has 0 radical (unpaired) electrons. The zero-order valence-electron chi connectivity index (χ0n) is 11.3. The van der Waals surface area contributed by atoms with E-state index in [1.807, 2.05) is 0 Å². The Morgan fingerprint density at radius 2 is 2.33 bits per heavy atom. The number of hydrogen-bond acceptors (Lipinski definition) is 6. The zero-order valence-corrected chi connectivity index (χ0v) is 12.1. The normalized spacial score (nSPS) is 10.3. The van der Waals surface area contributed by atoms with Crippen LogP contribution in [0.5, 0.6) is 0 Å². The largest absolute Gasteiger partial charge is 0.618 e. The molecular formula is C13H13N3O4S. The van der Waals surface area contributed by atoms with Gasteiger partial charge in [-0.3, -0.25) is 9.59 Å². The van der Waals surface area contributed by atoms with E-state index in [-0.39, 0.29) is 18.2 Å². The summed E-state index contributed by atoms with van der Waals surface area (Å²) in [6.07, 6.45) is 4.14. The van der Waals surface area contributed by atoms with Crippen LogP contribution in [0.2, 0.25) is 0 Å². The number of esters is 1. The van der Waals surface area contributed by atoms with Gasteiger partial charge in [0.15, 0.2) is 11.2 Å². The number of rotatable bonds is 5. The van der Waals surface area contributed by atoms with Gasteiger partial charge in [-0.2, -0.15) is 4.73 Å². The minimum absolute atomic E-state index is 0.123. The highest BCUT2D eigenvalue weighted by Gasteiger charge is 2.14. The first-order valence-electron chi connectivity index (χ1n) is 6.19. The molecule has 0 aliphatic carbocycles. The van der Waals surface area contributed by atoms with Crippen LogP contribution < -0.4 is 10.3 Å². The van der Waals surface area contributed by atoms with Crippen LogP contribution in [-0.4, -0.2) is 22.1 Å². The summed E-state index contributed by atoms with van der Waals surface area (Å²) in [5.74, 6) is -0.500. The average molecular weight is 307 g/mol. The lowest BCUT2D eigenvalue weighted by atomic mass is 10.5. The second kappa shape index (κ2) is 6.89. The third-order valence-electron chi connectivity index (χ3n) is 2.48. The first-order chi connectivity index (χ1) is 10.1. The maximum absolute atomic E-state index is 12.2. The zero-order chi connectivity index (χ0) is 15.2. The Morgan fingerprint density at radius 1 is 1.52 bits per heavy atom. The molecule has 2 heterocycles. The lowest BCUT2D eigenvalue weighted by Crippen LogP contribution is -2.30. The molecule has 2 rings (SSSR count). The molecule has 21 heavy (non-hydrogen) atoms. The van der Waals surface area contributed by atoms with Gasteiger partial charge in [0, 0.05) is 36.3 Å². The van der Waals surface area contributed by atoms with Crippen LogP contribution in [0.3, 0.4) is 0 Å². The number of aromatic nitrogens is 3. The molecule has 0 fully saturated rings. The number of hydrogen-bond donors (Lipinski definition) is 0. The topological polar surface area (TPSA) is 88.1 Å². The number of carbonyl (C=O) groups is 1. The monoisotopic (exact) mass is 307 g/mol. The maximum Gasteiger partial charge on any atom is 0.326 e. The fraction of sp³-hybridized carbons (Fsp3) is 0.231. The third-order valence-corrected chi connectivity index (χ3v) is 3.48. The molecule has 0 aliphatic rings. The van der Waals surface area contributed by atoms with Crippen molar-refractivity contribution in [1.29, 1.82) is 0 Å². The van der Waals surface area contributed by atoms with Gasteiger partial charge in [0.1, 0.15) is 6.54 Å². The lowest BCUT2D eigenvalue weighted by molar-refractivity contribution is -0.645. The second-order valence-electron chi connectivity index (χ2n) is 3.94. The van der Waals surface area contributed by atoms with Crippen LogP contribution in [0, 0.1) is 5.21 Å². The molecule has 0 bridgehead atoms. The molecule has 0 saturated carbocycles. The van der Waals surface area contributed by atoms with Crippen molar-refractivity contribution >= 4 is 17.7 Å². The van der Waals surface area contributed by atoms with Gasteiger partial charge in [-0.1, -0.05) is 0 Å². The Hall–Kier alpha value is -2.35. The Bertz CT molecular complexity index is 702. The minimum atomic E-state index is -0.500. The molecule has 0 spiro atoms. The van der Waals surface area contributed by atoms with Gasteiger partial charge in [-0.15, -0.1) is 0 Å². The molecular weight excluding hydrogens is 294 g/mol. The summed E-state index contributed by atoms with van der Waals surface area (Å²) >= 11 is 0.949. The van der Waals surface area contributed by atoms with Crippen molar-refractivity contribution in [3.8, 4) is 0 Å². The first kappa shape index (κ1) is 15.0. The Morgan fingerprint density at radius 3 is 3.05 bits per heavy atom. The lowest BCUT2D eigenvalue weighted by Gasteiger charge is -2.06. The van der Waals surface area contributed by atoms with E-state index in [4.69, 9.17) is 4.74 Å². The Balaban J connectivity index is 2.24. The summed E-state index contributed by atoms with van der Waals surface area (Å²) in [6.45, 7) is 1.76. The van der Waals surface area contributed by atoms with E-state index in [2.05, 4.69) is 4.98 Å². The van der Waals surface area contributed by atoms with Gasteiger partial charge in [0.2, 0.25) is 0 Å². The van der Waals surface area contributed by atoms with Crippen molar-refractivity contribution < 1.29 is 14.3 Å². The van der Waals surface area contributed by atoms with Crippen LogP contribution >= 0.6 is 11.8 Å². The summed E-state index contributed by atoms with van der Waals surface area (Å²) in [5, 5.41) is 12.0. The van der Waals surface area contributed by atoms with Crippen molar-refractivity contribution in [3.05, 3.63) is 52.4 Å². The fourth-order valence-corrected chi connectivity index (χ4v) is 2.37. The molecule has 2 aromatic heterocycles. The quantitative estimate of drug-likeness (QED) is 0.456. The van der Waals surface area contributed by atoms with E-state index in [9.17, 15) is 14.8 Å². The van der Waals surface area contributed by atoms with Gasteiger partial charge >= 0.3 is 5.97 Å². The molecule has 7 nitrogen and oxygen atoms in total. The van der Waals surface area contributed by atoms with Crippen molar-refractivity contribution in [2.24, 2.45) is 0 Å². The summed E-state index contributed by atoms with van der Waals surface area (Å²) in [6, 6.07) is 4.87. The number of pyridine rings is 1. The SMILES string of the molecule is CCOC(=O)Cn1ccnc(Sc2cccc[n+]2[O-])c1=O. The highest BCUT2D eigenvalue weighted by Crippen LogP contribution is 2.18. The van der Waals surface area contributed by atoms with E-state index in [0.717, 1.165) is 11.8 Å². The van der Waals surface area contributed by atoms with E-state index in [0.29, 0.717) is 9.76 Å². The third kappa shape index (κ3) is 3.82. The molecule has 0 saturated heterocycles. The molecule has 0 aliphatic heterocycles. The molecule has 8 heteroatoms. The van der Waals surface area contributed by atoms with Gasteiger partial charge in [-0.25, -0.2) is 4.98 Å². The van der Waals surface area contributed by atoms with Crippen LogP contribution in [0.4, 0.5) is 0 Å². The number of carbonyl (C=O) groups excluding carboxylic acids is 1. The number of nitrogens with zero attached hydrogens (tertiary/aromatic N) is 3. The molecule has 2 aromatic rings. The van der Waals surface area contributed by atoms with Gasteiger partial charge in [0.05, 0.1) is 6.61 Å². The summed E-state index contributed by atoms with van der Waals surface area (Å²) in [4.78, 5) is 27.6. The highest BCUT2D eigenvalue weighted by atomic mass is 32.2. The van der Waals surface area contributed by atoms with E-state index >= 15 is 0 Å². The summed E-state index contributed by atoms with van der Waals surface area (Å²) in [7, 11) is 0. The molecule has 0 aromatic carbocycles. The summed E-state index contributed by atoms with van der Waals surface area (Å²) in [5.41, 5.74) is -0.445. The second-order valence-corrected chi connectivity index (χ2v) is 4.95. The number of ether oxygens (including phenoxy) is 1. The van der Waals surface area contributed by atoms with Gasteiger partial charge < -0.3 is 14.5 Å². The molecule has 0 unspecified atom stereocenters. The molecule has 0 amide bonds. The Kier molecular flexibility index (Phi) is 4.94. The van der Waals surface area contributed by atoms with Crippen LogP contribution in [0.25, 0.3) is 0 Å². The summed E-state index contributed by atoms with van der Waals surface area (Å²) < 4.78 is 6.65. The smallest absolute Gasteiger partial charge is 0.326 e. The fourth-order valence-electron chi connectivity index (χ4n) is 1.56. The molecule has 0 N–H and O–H groups in total.